The number of allylic oxidation sites excluding steroid dienone is 1. The molecule has 5 atom stereocenters. The number of aliphatic hydroxyl groups excluding tert-OH is 1. The minimum absolute atomic E-state index is 0.0244. The van der Waals surface area contributed by atoms with Crippen LogP contribution in [0.2, 0.25) is 5.02 Å². The minimum Gasteiger partial charge on any atom is -0.469 e. The largest absolute Gasteiger partial charge is 0.469 e. The number of sulfonamides is 1. The number of benzene rings is 1. The van der Waals surface area contributed by atoms with Crippen molar-refractivity contribution in [1.82, 2.24) is 4.72 Å². The molecule has 0 amide bonds. The fourth-order valence-corrected chi connectivity index (χ4v) is 7.56. The normalized spacial score (nSPS) is 30.9. The third-order valence-corrected chi connectivity index (χ3v) is 9.88. The summed E-state index contributed by atoms with van der Waals surface area (Å²) >= 11 is 5.95. The quantitative estimate of drug-likeness (QED) is 0.239. The van der Waals surface area contributed by atoms with Crippen molar-refractivity contribution < 1.29 is 32.5 Å². The molecule has 0 spiro atoms. The Morgan fingerprint density at radius 2 is 2.05 bits per heavy atom. The summed E-state index contributed by atoms with van der Waals surface area (Å²) in [5, 5.41) is 10.9. The summed E-state index contributed by atoms with van der Waals surface area (Å²) in [6, 6.07) is 6.11. The number of methoxy groups -OCH3 is 1. The molecule has 1 saturated heterocycles. The van der Waals surface area contributed by atoms with E-state index in [0.717, 1.165) is 32.1 Å². The maximum atomic E-state index is 13.2. The molecule has 2 aliphatic carbocycles. The van der Waals surface area contributed by atoms with Gasteiger partial charge in [-0.15, -0.1) is 0 Å². The van der Waals surface area contributed by atoms with E-state index in [1.807, 2.05) is 0 Å². The maximum absolute atomic E-state index is 13.2. The van der Waals surface area contributed by atoms with E-state index in [9.17, 15) is 18.3 Å². The lowest BCUT2D eigenvalue weighted by Gasteiger charge is -2.33. The van der Waals surface area contributed by atoms with Crippen molar-refractivity contribution >= 4 is 27.6 Å². The lowest BCUT2D eigenvalue weighted by atomic mass is 9.75. The van der Waals surface area contributed by atoms with Gasteiger partial charge in [0.1, 0.15) is 0 Å². The van der Waals surface area contributed by atoms with Gasteiger partial charge in [-0.1, -0.05) is 23.3 Å². The van der Waals surface area contributed by atoms with E-state index in [2.05, 4.69) is 10.8 Å². The van der Waals surface area contributed by atoms with E-state index in [0.29, 0.717) is 37.3 Å². The van der Waals surface area contributed by atoms with Gasteiger partial charge in [0.05, 0.1) is 18.1 Å². The standard InChI is InChI=1S/C27H38ClNO7S/c1-34-25(31)7-3-2-6-19-9-14-23-22(17-30)24(36-26-8-4-5-15-35-26)16-27(19,23)18-29-37(32,33)21-12-10-20(28)11-13-21/h6,10-13,22-24,26,29-30H,2-5,7-9,14-18H2,1H3/t22-,23-,24-,26?,27+/m1/s1. The Labute approximate surface area is 224 Å². The van der Waals surface area contributed by atoms with Gasteiger partial charge < -0.3 is 19.3 Å². The van der Waals surface area contributed by atoms with E-state index >= 15 is 0 Å². The van der Waals surface area contributed by atoms with Crippen LogP contribution in [0.25, 0.3) is 0 Å². The summed E-state index contributed by atoms with van der Waals surface area (Å²) in [5.74, 6) is -0.271. The van der Waals surface area contributed by atoms with Crippen molar-refractivity contribution in [2.45, 2.75) is 75.1 Å². The second-order valence-electron chi connectivity index (χ2n) is 10.3. The molecular formula is C27H38ClNO7S. The van der Waals surface area contributed by atoms with Crippen LogP contribution in [-0.2, 0) is 29.0 Å². The highest BCUT2D eigenvalue weighted by atomic mass is 35.5. The van der Waals surface area contributed by atoms with Gasteiger partial charge >= 0.3 is 5.97 Å². The van der Waals surface area contributed by atoms with E-state index in [4.69, 9.17) is 25.8 Å². The molecule has 1 aliphatic heterocycles. The molecule has 3 fully saturated rings. The van der Waals surface area contributed by atoms with Crippen LogP contribution in [0.4, 0.5) is 0 Å². The second-order valence-corrected chi connectivity index (χ2v) is 12.5. The van der Waals surface area contributed by atoms with E-state index in [1.54, 1.807) is 12.1 Å². The van der Waals surface area contributed by atoms with E-state index in [-0.39, 0.29) is 48.2 Å². The van der Waals surface area contributed by atoms with Crippen molar-refractivity contribution in [2.75, 3.05) is 26.9 Å². The maximum Gasteiger partial charge on any atom is 0.305 e. The second kappa shape index (κ2) is 12.6. The fourth-order valence-electron chi connectivity index (χ4n) is 6.33. The summed E-state index contributed by atoms with van der Waals surface area (Å²) in [6.07, 6.45) is 8.51. The smallest absolute Gasteiger partial charge is 0.305 e. The highest BCUT2D eigenvalue weighted by Crippen LogP contribution is 2.60. The Morgan fingerprint density at radius 1 is 1.27 bits per heavy atom. The third kappa shape index (κ3) is 6.57. The van der Waals surface area contributed by atoms with Crippen LogP contribution in [-0.4, -0.2) is 58.8 Å². The van der Waals surface area contributed by atoms with Gasteiger partial charge in [0.15, 0.2) is 6.29 Å². The number of fused-ring (bicyclic) bond motifs is 1. The molecule has 1 heterocycles. The first kappa shape index (κ1) is 28.5. The highest BCUT2D eigenvalue weighted by molar-refractivity contribution is 7.89. The summed E-state index contributed by atoms with van der Waals surface area (Å²) < 4.78 is 46.2. The summed E-state index contributed by atoms with van der Waals surface area (Å²) in [4.78, 5) is 11.7. The Bertz CT molecular complexity index is 1060. The van der Waals surface area contributed by atoms with Gasteiger partial charge in [0, 0.05) is 42.5 Å². The number of rotatable bonds is 11. The molecule has 206 valence electrons. The number of carbonyl (C=O) groups excluding carboxylic acids is 1. The third-order valence-electron chi connectivity index (χ3n) is 8.21. The first-order valence-corrected chi connectivity index (χ1v) is 15.0. The van der Waals surface area contributed by atoms with Crippen molar-refractivity contribution in [3.63, 3.8) is 0 Å². The predicted octanol–water partition coefficient (Wildman–Crippen LogP) is 4.21. The van der Waals surface area contributed by atoms with Gasteiger partial charge in [0.25, 0.3) is 0 Å². The molecule has 4 rings (SSSR count). The summed E-state index contributed by atoms with van der Waals surface area (Å²) in [7, 11) is -2.38. The lowest BCUT2D eigenvalue weighted by molar-refractivity contribution is -0.198. The molecule has 3 aliphatic rings. The fraction of sp³-hybridized carbons (Fsp3) is 0.667. The van der Waals surface area contributed by atoms with Crippen LogP contribution in [0, 0.1) is 17.3 Å². The van der Waals surface area contributed by atoms with Gasteiger partial charge in [-0.05, 0) is 81.5 Å². The number of hydrogen-bond acceptors (Lipinski definition) is 7. The monoisotopic (exact) mass is 555 g/mol. The molecule has 1 unspecified atom stereocenters. The van der Waals surface area contributed by atoms with Crippen molar-refractivity contribution in [1.29, 1.82) is 0 Å². The molecule has 1 aromatic carbocycles. The molecule has 0 aromatic heterocycles. The molecule has 0 bridgehead atoms. The average Bonchev–Trinajstić information content (AvgIpc) is 3.39. The van der Waals surface area contributed by atoms with Crippen molar-refractivity contribution in [3.05, 3.63) is 40.9 Å². The topological polar surface area (TPSA) is 111 Å². The van der Waals surface area contributed by atoms with Crippen LogP contribution in [0.3, 0.4) is 0 Å². The lowest BCUT2D eigenvalue weighted by Crippen LogP contribution is -2.39. The number of aliphatic hydroxyl groups is 1. The number of nitrogens with one attached hydrogen (secondary N) is 1. The highest BCUT2D eigenvalue weighted by Gasteiger charge is 2.58. The van der Waals surface area contributed by atoms with Crippen LogP contribution >= 0.6 is 11.6 Å². The molecule has 10 heteroatoms. The minimum atomic E-state index is -3.77. The van der Waals surface area contributed by atoms with Gasteiger partial charge in [-0.25, -0.2) is 13.1 Å². The molecule has 0 radical (unpaired) electrons. The van der Waals surface area contributed by atoms with E-state index < -0.39 is 15.4 Å². The zero-order valence-electron chi connectivity index (χ0n) is 21.4. The van der Waals surface area contributed by atoms with Crippen LogP contribution in [0.15, 0.2) is 40.8 Å². The van der Waals surface area contributed by atoms with Gasteiger partial charge in [0.2, 0.25) is 10.0 Å². The summed E-state index contributed by atoms with van der Waals surface area (Å²) in [5.41, 5.74) is 0.701. The van der Waals surface area contributed by atoms with Crippen LogP contribution in [0.1, 0.15) is 57.8 Å². The molecule has 8 nitrogen and oxygen atoms in total. The molecule has 2 N–H and O–H groups in total. The summed E-state index contributed by atoms with van der Waals surface area (Å²) in [6.45, 7) is 0.860. The first-order valence-electron chi connectivity index (χ1n) is 13.2. The molecule has 2 saturated carbocycles. The van der Waals surface area contributed by atoms with E-state index in [1.165, 1.54) is 24.8 Å². The molecule has 37 heavy (non-hydrogen) atoms. The molecular weight excluding hydrogens is 518 g/mol. The number of ether oxygens (including phenoxy) is 3. The number of unbranched alkanes of at least 4 members (excludes halogenated alkanes) is 1. The van der Waals surface area contributed by atoms with Crippen molar-refractivity contribution in [3.8, 4) is 0 Å². The van der Waals surface area contributed by atoms with Crippen LogP contribution in [0.5, 0.6) is 0 Å². The Balaban J connectivity index is 1.57. The zero-order valence-corrected chi connectivity index (χ0v) is 22.9. The number of carbonyl (C=O) groups is 1. The Morgan fingerprint density at radius 3 is 2.73 bits per heavy atom. The number of esters is 1. The molecule has 1 aromatic rings. The first-order chi connectivity index (χ1) is 17.8. The van der Waals surface area contributed by atoms with Gasteiger partial charge in [-0.2, -0.15) is 0 Å². The number of halogens is 1. The zero-order chi connectivity index (χ0) is 26.5. The predicted molar refractivity (Wildman–Crippen MR) is 139 cm³/mol. The average molecular weight is 556 g/mol. The number of hydrogen-bond donors (Lipinski definition) is 2. The van der Waals surface area contributed by atoms with Crippen molar-refractivity contribution in [2.24, 2.45) is 17.3 Å². The Hall–Kier alpha value is -1.49. The van der Waals surface area contributed by atoms with Gasteiger partial charge in [-0.3, -0.25) is 4.79 Å². The van der Waals surface area contributed by atoms with Crippen LogP contribution < -0.4 is 4.72 Å². The Kier molecular flexibility index (Phi) is 9.69. The SMILES string of the molecule is COC(=O)CCCC=C1CC[C@@H]2[C@@H](CO)[C@H](OC3CCCCO3)C[C@]12CNS(=O)(=O)c1ccc(Cl)cc1.